The molecule has 0 N–H and O–H groups in total. The van der Waals surface area contributed by atoms with Crippen LogP contribution in [0.25, 0.3) is 22.3 Å². The van der Waals surface area contributed by atoms with Crippen molar-refractivity contribution in [2.75, 3.05) is 0 Å². The predicted octanol–water partition coefficient (Wildman–Crippen LogP) is 6.21. The second-order valence-corrected chi connectivity index (χ2v) is 8.10. The zero-order chi connectivity index (χ0) is 25.1. The Kier molecular flexibility index (Phi) is 6.16. The fraction of sp³-hybridized carbons (Fsp3) is 0.0333. The van der Waals surface area contributed by atoms with E-state index in [1.165, 1.54) is 18.2 Å². The van der Waals surface area contributed by atoms with E-state index >= 15 is 0 Å². The highest BCUT2D eigenvalue weighted by Crippen LogP contribution is 2.34. The first-order valence-electron chi connectivity index (χ1n) is 11.2. The average Bonchev–Trinajstić information content (AvgIpc) is 2.90. The van der Waals surface area contributed by atoms with Crippen LogP contribution in [0.2, 0.25) is 0 Å². The molecule has 4 aromatic carbocycles. The minimum Gasteiger partial charge on any atom is -0.456 e. The Hall–Kier alpha value is -4.97. The summed E-state index contributed by atoms with van der Waals surface area (Å²) in [5.74, 6) is -0.877. The van der Waals surface area contributed by atoms with Gasteiger partial charge in [-0.05, 0) is 61.0 Å². The standard InChI is InChI=1S/C30H20O6/c1-19-9-8-14-25-28(19)23(31)18-26(34-25)22-15-16-24(35-29(32)20-10-4-2-5-11-20)27(17-22)36-30(33)21-12-6-3-7-13-21/h2-18H,1H3. The van der Waals surface area contributed by atoms with Crippen molar-refractivity contribution >= 4 is 22.9 Å². The molecular weight excluding hydrogens is 456 g/mol. The van der Waals surface area contributed by atoms with Gasteiger partial charge in [-0.3, -0.25) is 4.79 Å². The number of hydrogen-bond acceptors (Lipinski definition) is 6. The molecule has 0 saturated carbocycles. The maximum absolute atomic E-state index is 12.8. The van der Waals surface area contributed by atoms with Crippen LogP contribution in [0.4, 0.5) is 0 Å². The van der Waals surface area contributed by atoms with Crippen molar-refractivity contribution in [1.29, 1.82) is 0 Å². The Morgan fingerprint density at radius 3 is 1.92 bits per heavy atom. The lowest BCUT2D eigenvalue weighted by Crippen LogP contribution is -2.12. The Balaban J connectivity index is 1.56. The number of aryl methyl sites for hydroxylation is 1. The second-order valence-electron chi connectivity index (χ2n) is 8.10. The van der Waals surface area contributed by atoms with Gasteiger partial charge in [-0.2, -0.15) is 0 Å². The quantitative estimate of drug-likeness (QED) is 0.222. The molecule has 1 aromatic heterocycles. The highest BCUT2D eigenvalue weighted by Gasteiger charge is 2.19. The molecule has 0 aliphatic rings. The zero-order valence-corrected chi connectivity index (χ0v) is 19.3. The fourth-order valence-corrected chi connectivity index (χ4v) is 3.81. The molecule has 0 fully saturated rings. The third-order valence-corrected chi connectivity index (χ3v) is 5.62. The van der Waals surface area contributed by atoms with Crippen molar-refractivity contribution < 1.29 is 23.5 Å². The number of carbonyl (C=O) groups is 2. The van der Waals surface area contributed by atoms with Crippen molar-refractivity contribution in [3.05, 3.63) is 130 Å². The normalized spacial score (nSPS) is 10.7. The Morgan fingerprint density at radius 1 is 0.667 bits per heavy atom. The van der Waals surface area contributed by atoms with E-state index in [1.54, 1.807) is 72.8 Å². The van der Waals surface area contributed by atoms with E-state index in [9.17, 15) is 14.4 Å². The zero-order valence-electron chi connectivity index (χ0n) is 19.3. The summed E-state index contributed by atoms with van der Waals surface area (Å²) in [7, 11) is 0. The number of ether oxygens (including phenoxy) is 2. The third kappa shape index (κ3) is 4.65. The maximum atomic E-state index is 12.8. The van der Waals surface area contributed by atoms with E-state index in [1.807, 2.05) is 19.1 Å². The lowest BCUT2D eigenvalue weighted by atomic mass is 10.1. The Morgan fingerprint density at radius 2 is 1.28 bits per heavy atom. The smallest absolute Gasteiger partial charge is 0.343 e. The highest BCUT2D eigenvalue weighted by molar-refractivity contribution is 5.93. The van der Waals surface area contributed by atoms with Crippen molar-refractivity contribution in [1.82, 2.24) is 0 Å². The molecule has 0 saturated heterocycles. The number of esters is 2. The summed E-state index contributed by atoms with van der Waals surface area (Å²) in [4.78, 5) is 38.3. The van der Waals surface area contributed by atoms with Crippen LogP contribution in [0.1, 0.15) is 26.3 Å². The van der Waals surface area contributed by atoms with Crippen LogP contribution < -0.4 is 14.9 Å². The molecule has 0 unspecified atom stereocenters. The lowest BCUT2D eigenvalue weighted by Gasteiger charge is -2.13. The number of hydrogen-bond donors (Lipinski definition) is 0. The van der Waals surface area contributed by atoms with Gasteiger partial charge in [0.05, 0.1) is 16.5 Å². The first kappa shape index (κ1) is 22.8. The van der Waals surface area contributed by atoms with Crippen molar-refractivity contribution in [2.24, 2.45) is 0 Å². The third-order valence-electron chi connectivity index (χ3n) is 5.62. The van der Waals surface area contributed by atoms with Crippen LogP contribution in [0.5, 0.6) is 11.5 Å². The molecule has 6 heteroatoms. The SMILES string of the molecule is Cc1cccc2oc(-c3ccc(OC(=O)c4ccccc4)c(OC(=O)c4ccccc4)c3)cc(=O)c12. The fourth-order valence-electron chi connectivity index (χ4n) is 3.81. The van der Waals surface area contributed by atoms with E-state index in [0.29, 0.717) is 27.7 Å². The minimum atomic E-state index is -0.625. The molecule has 36 heavy (non-hydrogen) atoms. The summed E-state index contributed by atoms with van der Waals surface area (Å²) in [6.45, 7) is 1.84. The molecule has 5 rings (SSSR count). The number of rotatable bonds is 5. The van der Waals surface area contributed by atoms with Gasteiger partial charge in [0.1, 0.15) is 11.3 Å². The van der Waals surface area contributed by atoms with Crippen molar-refractivity contribution in [3.8, 4) is 22.8 Å². The Bertz CT molecular complexity index is 1640. The number of fused-ring (bicyclic) bond motifs is 1. The highest BCUT2D eigenvalue weighted by atomic mass is 16.6. The van der Waals surface area contributed by atoms with Gasteiger partial charge < -0.3 is 13.9 Å². The predicted molar refractivity (Wildman–Crippen MR) is 135 cm³/mol. The van der Waals surface area contributed by atoms with Gasteiger partial charge in [-0.15, -0.1) is 0 Å². The van der Waals surface area contributed by atoms with Crippen LogP contribution in [0, 0.1) is 6.92 Å². The van der Waals surface area contributed by atoms with E-state index in [0.717, 1.165) is 5.56 Å². The second kappa shape index (κ2) is 9.72. The van der Waals surface area contributed by atoms with Gasteiger partial charge in [0, 0.05) is 11.6 Å². The molecular formula is C30H20O6. The van der Waals surface area contributed by atoms with Crippen molar-refractivity contribution in [3.63, 3.8) is 0 Å². The first-order valence-corrected chi connectivity index (χ1v) is 11.2. The minimum absolute atomic E-state index is 0.0117. The van der Waals surface area contributed by atoms with Gasteiger partial charge >= 0.3 is 11.9 Å². The van der Waals surface area contributed by atoms with Gasteiger partial charge in [0.15, 0.2) is 16.9 Å². The molecule has 0 aliphatic heterocycles. The van der Waals surface area contributed by atoms with Gasteiger partial charge in [0.25, 0.3) is 0 Å². The summed E-state index contributed by atoms with van der Waals surface area (Å²) in [6, 6.07) is 28.3. The summed E-state index contributed by atoms with van der Waals surface area (Å²) in [5, 5.41) is 0.505. The van der Waals surface area contributed by atoms with Gasteiger partial charge in [-0.1, -0.05) is 48.5 Å². The molecule has 1 heterocycles. The topological polar surface area (TPSA) is 82.8 Å². The van der Waals surface area contributed by atoms with Crippen LogP contribution in [0.15, 0.2) is 112 Å². The van der Waals surface area contributed by atoms with Crippen LogP contribution >= 0.6 is 0 Å². The molecule has 0 radical (unpaired) electrons. The molecule has 0 spiro atoms. The molecule has 0 bridgehead atoms. The van der Waals surface area contributed by atoms with Gasteiger partial charge in [0.2, 0.25) is 0 Å². The lowest BCUT2D eigenvalue weighted by molar-refractivity contribution is 0.0682. The van der Waals surface area contributed by atoms with Crippen LogP contribution in [-0.4, -0.2) is 11.9 Å². The average molecular weight is 476 g/mol. The first-order chi connectivity index (χ1) is 17.5. The molecule has 0 aliphatic carbocycles. The molecule has 0 amide bonds. The Labute approximate surface area is 206 Å². The summed E-state index contributed by atoms with van der Waals surface area (Å²) < 4.78 is 17.2. The van der Waals surface area contributed by atoms with E-state index in [-0.39, 0.29) is 22.7 Å². The van der Waals surface area contributed by atoms with Crippen molar-refractivity contribution in [2.45, 2.75) is 6.92 Å². The van der Waals surface area contributed by atoms with Crippen LogP contribution in [0.3, 0.4) is 0 Å². The molecule has 176 valence electrons. The summed E-state index contributed by atoms with van der Waals surface area (Å²) in [5.41, 5.74) is 2.22. The largest absolute Gasteiger partial charge is 0.456 e. The van der Waals surface area contributed by atoms with Crippen LogP contribution in [-0.2, 0) is 0 Å². The summed E-state index contributed by atoms with van der Waals surface area (Å²) in [6.07, 6.45) is 0. The van der Waals surface area contributed by atoms with E-state index in [2.05, 4.69) is 0 Å². The monoisotopic (exact) mass is 476 g/mol. The maximum Gasteiger partial charge on any atom is 0.343 e. The van der Waals surface area contributed by atoms with E-state index in [4.69, 9.17) is 13.9 Å². The van der Waals surface area contributed by atoms with E-state index < -0.39 is 11.9 Å². The number of benzene rings is 4. The van der Waals surface area contributed by atoms with Gasteiger partial charge in [-0.25, -0.2) is 9.59 Å². The molecule has 5 aromatic rings. The summed E-state index contributed by atoms with van der Waals surface area (Å²) >= 11 is 0. The molecule has 0 atom stereocenters. The number of carbonyl (C=O) groups excluding carboxylic acids is 2. The molecule has 6 nitrogen and oxygen atoms in total.